The number of thioether (sulfide) groups is 1. The molecule has 5 nitrogen and oxygen atoms in total. The Morgan fingerprint density at radius 3 is 2.65 bits per heavy atom. The molecule has 0 radical (unpaired) electrons. The second-order valence-electron chi connectivity index (χ2n) is 4.93. The molecule has 23 heavy (non-hydrogen) atoms. The van der Waals surface area contributed by atoms with E-state index in [9.17, 15) is 4.39 Å². The van der Waals surface area contributed by atoms with E-state index in [4.69, 9.17) is 0 Å². The summed E-state index contributed by atoms with van der Waals surface area (Å²) in [7, 11) is 0. The third-order valence-electron chi connectivity index (χ3n) is 3.32. The van der Waals surface area contributed by atoms with Gasteiger partial charge in [0.15, 0.2) is 0 Å². The number of hydrogen-bond donors (Lipinski definition) is 1. The summed E-state index contributed by atoms with van der Waals surface area (Å²) in [5.74, 6) is 0.700. The van der Waals surface area contributed by atoms with Crippen molar-refractivity contribution in [2.24, 2.45) is 0 Å². The Bertz CT molecular complexity index is 747. The van der Waals surface area contributed by atoms with E-state index in [1.54, 1.807) is 22.5 Å². The number of halogens is 1. The van der Waals surface area contributed by atoms with Crippen molar-refractivity contribution in [3.63, 3.8) is 0 Å². The van der Waals surface area contributed by atoms with Gasteiger partial charge in [0.25, 0.3) is 0 Å². The minimum absolute atomic E-state index is 0.149. The maximum atomic E-state index is 13.5. The summed E-state index contributed by atoms with van der Waals surface area (Å²) >= 11 is 1.59. The molecule has 0 unspecified atom stereocenters. The lowest BCUT2D eigenvalue weighted by atomic mass is 10.2. The minimum Gasteiger partial charge on any atom is -0.342 e. The molecule has 3 aromatic rings. The molecule has 2 aromatic carbocycles. The summed E-state index contributed by atoms with van der Waals surface area (Å²) in [5.41, 5.74) is 1.67. The fraction of sp³-hybridized carbons (Fsp3) is 0.188. The van der Waals surface area contributed by atoms with Crippen molar-refractivity contribution < 1.29 is 9.71 Å². The molecule has 7 heteroatoms. The maximum absolute atomic E-state index is 13.5. The van der Waals surface area contributed by atoms with Gasteiger partial charge in [-0.25, -0.2) is 4.39 Å². The van der Waals surface area contributed by atoms with E-state index in [-0.39, 0.29) is 5.82 Å². The first-order chi connectivity index (χ1) is 11.3. The highest BCUT2D eigenvalue weighted by Gasteiger charge is 2.09. The molecule has 1 heterocycles. The lowest BCUT2D eigenvalue weighted by molar-refractivity contribution is -0.666. The van der Waals surface area contributed by atoms with Crippen LogP contribution in [0.4, 0.5) is 4.39 Å². The first kappa shape index (κ1) is 15.6. The number of quaternary nitrogens is 1. The van der Waals surface area contributed by atoms with Gasteiger partial charge in [0.2, 0.25) is 5.16 Å². The van der Waals surface area contributed by atoms with E-state index in [1.807, 2.05) is 42.5 Å². The zero-order valence-corrected chi connectivity index (χ0v) is 13.3. The van der Waals surface area contributed by atoms with Crippen LogP contribution >= 0.6 is 11.8 Å². The van der Waals surface area contributed by atoms with Crippen LogP contribution in [0.25, 0.3) is 5.69 Å². The Morgan fingerprint density at radius 2 is 1.83 bits per heavy atom. The molecule has 0 aliphatic heterocycles. The molecule has 118 valence electrons. The van der Waals surface area contributed by atoms with Crippen LogP contribution < -0.4 is 5.32 Å². The van der Waals surface area contributed by atoms with Crippen LogP contribution in [-0.2, 0) is 6.54 Å². The summed E-state index contributed by atoms with van der Waals surface area (Å²) in [6.45, 7) is 1.50. The van der Waals surface area contributed by atoms with Crippen molar-refractivity contribution in [1.82, 2.24) is 20.2 Å². The van der Waals surface area contributed by atoms with Gasteiger partial charge >= 0.3 is 0 Å². The molecule has 0 spiro atoms. The predicted octanol–water partition coefficient (Wildman–Crippen LogP) is 1.66. The number of tetrazole rings is 1. The lowest BCUT2D eigenvalue weighted by Crippen LogP contribution is -2.83. The number of nitrogens with zero attached hydrogens (tertiary/aromatic N) is 4. The largest absolute Gasteiger partial charge is 0.342 e. The number of hydrogen-bond acceptors (Lipinski definition) is 4. The number of benzene rings is 2. The zero-order valence-electron chi connectivity index (χ0n) is 12.5. The molecule has 0 atom stereocenters. The molecule has 0 fully saturated rings. The molecular formula is C16H17FN5S+. The van der Waals surface area contributed by atoms with Gasteiger partial charge in [0.1, 0.15) is 12.4 Å². The third-order valence-corrected chi connectivity index (χ3v) is 4.27. The van der Waals surface area contributed by atoms with Crippen LogP contribution in [0.5, 0.6) is 0 Å². The number of nitrogens with two attached hydrogens (primary N) is 1. The van der Waals surface area contributed by atoms with E-state index >= 15 is 0 Å². The molecule has 0 saturated carbocycles. The van der Waals surface area contributed by atoms with Crippen LogP contribution in [0.15, 0.2) is 59.8 Å². The van der Waals surface area contributed by atoms with Gasteiger partial charge in [-0.1, -0.05) is 48.2 Å². The molecule has 0 bridgehead atoms. The fourth-order valence-corrected chi connectivity index (χ4v) is 2.98. The van der Waals surface area contributed by atoms with Crippen LogP contribution in [0.3, 0.4) is 0 Å². The number of rotatable bonds is 7. The predicted molar refractivity (Wildman–Crippen MR) is 86.8 cm³/mol. The average molecular weight is 330 g/mol. The topological polar surface area (TPSA) is 60.2 Å². The zero-order chi connectivity index (χ0) is 15.9. The summed E-state index contributed by atoms with van der Waals surface area (Å²) in [4.78, 5) is 0. The van der Waals surface area contributed by atoms with Gasteiger partial charge in [0, 0.05) is 5.56 Å². The lowest BCUT2D eigenvalue weighted by Gasteiger charge is -2.04. The van der Waals surface area contributed by atoms with Gasteiger partial charge in [-0.2, -0.15) is 4.68 Å². The van der Waals surface area contributed by atoms with Crippen molar-refractivity contribution in [3.05, 3.63) is 66.0 Å². The maximum Gasteiger partial charge on any atom is 0.214 e. The molecule has 0 aliphatic rings. The van der Waals surface area contributed by atoms with E-state index in [0.29, 0.717) is 6.54 Å². The molecule has 0 saturated heterocycles. The summed E-state index contributed by atoms with van der Waals surface area (Å²) in [5, 5.41) is 14.7. The Labute approximate surface area is 137 Å². The molecule has 2 N–H and O–H groups in total. The standard InChI is InChI=1S/C16H16FN5S/c17-15-9-5-4-6-13(15)12-18-10-11-23-16-19-20-21-22(16)14-7-2-1-3-8-14/h1-9,18H,10-12H2/p+1. The Kier molecular flexibility index (Phi) is 5.33. The monoisotopic (exact) mass is 330 g/mol. The van der Waals surface area contributed by atoms with Gasteiger partial charge in [-0.05, 0) is 28.6 Å². The normalized spacial score (nSPS) is 10.8. The highest BCUT2D eigenvalue weighted by molar-refractivity contribution is 7.99. The third kappa shape index (κ3) is 4.14. The Hall–Kier alpha value is -2.25. The fourth-order valence-electron chi connectivity index (χ4n) is 2.16. The highest BCUT2D eigenvalue weighted by atomic mass is 32.2. The van der Waals surface area contributed by atoms with Gasteiger partial charge in [-0.15, -0.1) is 5.10 Å². The smallest absolute Gasteiger partial charge is 0.214 e. The minimum atomic E-state index is -0.149. The van der Waals surface area contributed by atoms with Crippen molar-refractivity contribution >= 4 is 11.8 Å². The van der Waals surface area contributed by atoms with E-state index in [0.717, 1.165) is 28.7 Å². The highest BCUT2D eigenvalue weighted by Crippen LogP contribution is 2.16. The quantitative estimate of drug-likeness (QED) is 0.529. The van der Waals surface area contributed by atoms with E-state index in [1.165, 1.54) is 6.07 Å². The molecule has 0 aliphatic carbocycles. The van der Waals surface area contributed by atoms with E-state index < -0.39 is 0 Å². The summed E-state index contributed by atoms with van der Waals surface area (Å²) < 4.78 is 15.2. The van der Waals surface area contributed by atoms with E-state index in [2.05, 4.69) is 20.8 Å². The summed E-state index contributed by atoms with van der Waals surface area (Å²) in [6.07, 6.45) is 0. The Morgan fingerprint density at radius 1 is 1.04 bits per heavy atom. The molecule has 0 amide bonds. The van der Waals surface area contributed by atoms with Crippen LogP contribution in [0.1, 0.15) is 5.56 Å². The van der Waals surface area contributed by atoms with Crippen molar-refractivity contribution in [2.75, 3.05) is 12.3 Å². The number of para-hydroxylation sites is 1. The second kappa shape index (κ2) is 7.85. The van der Waals surface area contributed by atoms with Gasteiger partial charge < -0.3 is 5.32 Å². The second-order valence-corrected chi connectivity index (χ2v) is 5.99. The number of aromatic nitrogens is 4. The molecule has 3 rings (SSSR count). The van der Waals surface area contributed by atoms with Crippen molar-refractivity contribution in [2.45, 2.75) is 11.7 Å². The Balaban J connectivity index is 1.49. The molecular weight excluding hydrogens is 313 g/mol. The van der Waals surface area contributed by atoms with Gasteiger partial charge in [-0.3, -0.25) is 0 Å². The van der Waals surface area contributed by atoms with Crippen molar-refractivity contribution in [1.29, 1.82) is 0 Å². The average Bonchev–Trinajstić information content (AvgIpc) is 3.05. The van der Waals surface area contributed by atoms with Crippen LogP contribution in [0.2, 0.25) is 0 Å². The van der Waals surface area contributed by atoms with Crippen molar-refractivity contribution in [3.8, 4) is 5.69 Å². The van der Waals surface area contributed by atoms with Crippen LogP contribution in [0, 0.1) is 5.82 Å². The SMILES string of the molecule is Fc1ccccc1C[NH2+]CCSc1nnnn1-c1ccccc1. The van der Waals surface area contributed by atoms with Crippen LogP contribution in [-0.4, -0.2) is 32.5 Å². The first-order valence-electron chi connectivity index (χ1n) is 7.36. The first-order valence-corrected chi connectivity index (χ1v) is 8.35. The summed E-state index contributed by atoms with van der Waals surface area (Å²) in [6, 6.07) is 16.7. The van der Waals surface area contributed by atoms with Gasteiger partial charge in [0.05, 0.1) is 18.0 Å². The molecule has 1 aromatic heterocycles.